The van der Waals surface area contributed by atoms with Crippen molar-refractivity contribution >= 4 is 73.9 Å². The van der Waals surface area contributed by atoms with Crippen LogP contribution in [0.5, 0.6) is 5.75 Å². The van der Waals surface area contributed by atoms with Crippen molar-refractivity contribution in [3.05, 3.63) is 88.8 Å². The second kappa shape index (κ2) is 16.6. The Morgan fingerprint density at radius 3 is 2.49 bits per heavy atom. The van der Waals surface area contributed by atoms with Crippen LogP contribution in [0.4, 0.5) is 38.9 Å². The minimum Gasteiger partial charge on any atom is -0.487 e. The van der Waals surface area contributed by atoms with E-state index in [9.17, 15) is 22.8 Å². The van der Waals surface area contributed by atoms with Gasteiger partial charge in [0.15, 0.2) is 5.82 Å². The number of hydrogen-bond donors (Lipinski definition) is 3. The third-order valence-electron chi connectivity index (χ3n) is 11.1. The minimum atomic E-state index is -3.52. The predicted molar refractivity (Wildman–Crippen MR) is 222 cm³/mol. The van der Waals surface area contributed by atoms with E-state index >= 15 is 4.39 Å². The summed E-state index contributed by atoms with van der Waals surface area (Å²) < 4.78 is 47.4. The molecule has 16 nitrogen and oxygen atoms in total. The fraction of sp³-hybridized carbons (Fsp3) is 0.375. The molecule has 4 aromatic rings. The van der Waals surface area contributed by atoms with E-state index in [0.717, 1.165) is 55.4 Å². The Hall–Kier alpha value is -5.56. The average molecular weight is 847 g/mol. The van der Waals surface area contributed by atoms with Gasteiger partial charge in [0.1, 0.15) is 28.7 Å². The van der Waals surface area contributed by atoms with Gasteiger partial charge in [-0.1, -0.05) is 29.8 Å². The molecule has 3 fully saturated rings. The molecule has 0 bridgehead atoms. The highest BCUT2D eigenvalue weighted by Crippen LogP contribution is 2.36. The lowest BCUT2D eigenvalue weighted by molar-refractivity contribution is -0.136. The average Bonchev–Trinajstić information content (AvgIpc) is 3.53. The van der Waals surface area contributed by atoms with E-state index in [4.69, 9.17) is 16.3 Å². The number of amides is 3. The van der Waals surface area contributed by atoms with Gasteiger partial charge in [-0.05, 0) is 48.9 Å². The summed E-state index contributed by atoms with van der Waals surface area (Å²) >= 11 is 6.39. The molecule has 310 valence electrons. The Morgan fingerprint density at radius 1 is 0.983 bits per heavy atom. The standard InChI is InChI=1S/C40H44ClFN10O6S/c1-48(59(2,56)57)33-8-4-3-7-31(33)45-37-29(41)21-43-40(47-37)44-25-10-11-32(30(42)20-25)51-18-16-49(17-19-51)14-15-50-22-26(23-50)58-35-9-5-6-27-28(35)24-52(39(27)55)34-12-13-36(53)46-38(34)54/h3-11,20-21,26,34H,12-19,22-24H2,1-2H3,(H,46,53,54)(H2,43,44,45,47). The van der Waals surface area contributed by atoms with E-state index in [1.165, 1.54) is 24.2 Å². The van der Waals surface area contributed by atoms with Crippen LogP contribution >= 0.6 is 11.6 Å². The summed E-state index contributed by atoms with van der Waals surface area (Å²) in [5.74, 6) is -0.278. The maximum absolute atomic E-state index is 15.5. The van der Waals surface area contributed by atoms with Crippen molar-refractivity contribution in [3.8, 4) is 5.75 Å². The molecule has 3 aromatic carbocycles. The van der Waals surface area contributed by atoms with E-state index in [1.807, 2.05) is 11.0 Å². The van der Waals surface area contributed by atoms with Gasteiger partial charge in [-0.2, -0.15) is 4.98 Å². The van der Waals surface area contributed by atoms with Gasteiger partial charge in [0.05, 0.1) is 36.1 Å². The van der Waals surface area contributed by atoms with Gasteiger partial charge in [0.2, 0.25) is 27.8 Å². The number of hydrogen-bond acceptors (Lipinski definition) is 13. The van der Waals surface area contributed by atoms with Crippen molar-refractivity contribution < 1.29 is 31.9 Å². The maximum atomic E-state index is 15.5. The second-order valence-corrected chi connectivity index (χ2v) is 17.5. The molecule has 3 N–H and O–H groups in total. The fourth-order valence-corrected chi connectivity index (χ4v) is 8.42. The Labute approximate surface area is 346 Å². The van der Waals surface area contributed by atoms with E-state index in [1.54, 1.807) is 48.5 Å². The number of anilines is 6. The first-order valence-electron chi connectivity index (χ1n) is 19.3. The number of benzene rings is 3. The first-order valence-corrected chi connectivity index (χ1v) is 21.6. The zero-order chi connectivity index (χ0) is 41.4. The molecule has 1 aromatic heterocycles. The van der Waals surface area contributed by atoms with Crippen LogP contribution in [-0.2, 0) is 26.2 Å². The fourth-order valence-electron chi connectivity index (χ4n) is 7.77. The van der Waals surface area contributed by atoms with Crippen LogP contribution in [0.25, 0.3) is 0 Å². The number of carbonyl (C=O) groups excluding carboxylic acids is 3. The first kappa shape index (κ1) is 40.2. The summed E-state index contributed by atoms with van der Waals surface area (Å²) in [6, 6.07) is 16.5. The zero-order valence-corrected chi connectivity index (χ0v) is 34.1. The van der Waals surface area contributed by atoms with Crippen molar-refractivity contribution in [1.82, 2.24) is 30.0 Å². The third-order valence-corrected chi connectivity index (χ3v) is 12.6. The number of carbonyl (C=O) groups is 3. The molecule has 59 heavy (non-hydrogen) atoms. The summed E-state index contributed by atoms with van der Waals surface area (Å²) in [6.45, 7) is 6.47. The summed E-state index contributed by atoms with van der Waals surface area (Å²) in [4.78, 5) is 54.2. The van der Waals surface area contributed by atoms with Gasteiger partial charge in [-0.3, -0.25) is 33.8 Å². The molecule has 5 heterocycles. The van der Waals surface area contributed by atoms with E-state index in [2.05, 4.69) is 35.7 Å². The number of sulfonamides is 1. The maximum Gasteiger partial charge on any atom is 0.255 e. The molecule has 0 spiro atoms. The number of nitrogens with zero attached hydrogens (tertiary/aromatic N) is 7. The lowest BCUT2D eigenvalue weighted by atomic mass is 10.0. The largest absolute Gasteiger partial charge is 0.487 e. The molecule has 19 heteroatoms. The smallest absolute Gasteiger partial charge is 0.255 e. The number of aromatic nitrogens is 2. The number of para-hydroxylation sites is 2. The topological polar surface area (TPSA) is 173 Å². The molecule has 3 amide bonds. The van der Waals surface area contributed by atoms with E-state index in [-0.39, 0.29) is 53.5 Å². The molecule has 0 aliphatic carbocycles. The molecule has 0 radical (unpaired) electrons. The van der Waals surface area contributed by atoms with Gasteiger partial charge in [0, 0.05) is 82.6 Å². The number of imide groups is 1. The van der Waals surface area contributed by atoms with Crippen LogP contribution in [0.1, 0.15) is 28.8 Å². The predicted octanol–water partition coefficient (Wildman–Crippen LogP) is 3.80. The lowest BCUT2D eigenvalue weighted by Gasteiger charge is -2.41. The van der Waals surface area contributed by atoms with Crippen molar-refractivity contribution in [1.29, 1.82) is 0 Å². The Bertz CT molecular complexity index is 2390. The number of ether oxygens (including phenoxy) is 1. The highest BCUT2D eigenvalue weighted by atomic mass is 35.5. The van der Waals surface area contributed by atoms with Crippen molar-refractivity contribution in [2.75, 3.05) is 85.5 Å². The van der Waals surface area contributed by atoms with E-state index in [0.29, 0.717) is 53.6 Å². The third kappa shape index (κ3) is 8.76. The normalized spacial score (nSPS) is 19.0. The summed E-state index contributed by atoms with van der Waals surface area (Å²) in [7, 11) is -2.07. The quantitative estimate of drug-likeness (QED) is 0.166. The lowest BCUT2D eigenvalue weighted by Crippen LogP contribution is -2.56. The molecule has 4 aliphatic heterocycles. The number of fused-ring (bicyclic) bond motifs is 1. The Kier molecular flexibility index (Phi) is 11.3. The van der Waals surface area contributed by atoms with Crippen LogP contribution in [0.2, 0.25) is 5.02 Å². The van der Waals surface area contributed by atoms with Crippen molar-refractivity contribution in [2.45, 2.75) is 31.5 Å². The number of halogens is 2. The second-order valence-electron chi connectivity index (χ2n) is 15.1. The zero-order valence-electron chi connectivity index (χ0n) is 32.5. The van der Waals surface area contributed by atoms with Crippen LogP contribution in [0.3, 0.4) is 0 Å². The summed E-state index contributed by atoms with van der Waals surface area (Å²) in [6.07, 6.45) is 3.03. The number of nitrogens with one attached hydrogen (secondary N) is 3. The molecule has 1 atom stereocenters. The molecule has 0 saturated carbocycles. The first-order chi connectivity index (χ1) is 28.3. The van der Waals surface area contributed by atoms with Gasteiger partial charge < -0.3 is 25.2 Å². The number of piperidine rings is 1. The number of rotatable bonds is 13. The van der Waals surface area contributed by atoms with Crippen molar-refractivity contribution in [2.24, 2.45) is 0 Å². The van der Waals surface area contributed by atoms with Gasteiger partial charge in [-0.25, -0.2) is 17.8 Å². The monoisotopic (exact) mass is 846 g/mol. The molecule has 1 unspecified atom stereocenters. The number of piperazine rings is 1. The highest BCUT2D eigenvalue weighted by molar-refractivity contribution is 7.92. The van der Waals surface area contributed by atoms with Crippen LogP contribution in [0, 0.1) is 5.82 Å². The molecule has 4 aliphatic rings. The number of likely N-dealkylation sites (tertiary alicyclic amines) is 1. The van der Waals surface area contributed by atoms with Crippen LogP contribution in [0.15, 0.2) is 66.9 Å². The molecular formula is C40H44ClFN10O6S. The SMILES string of the molecule is CN(c1ccccc1Nc1nc(Nc2ccc(N3CCN(CCN4CC(Oc5cccc6c5CN(C5CCC(=O)NC5=O)C6=O)C4)CC3)c(F)c2)ncc1Cl)S(C)(=O)=O. The van der Waals surface area contributed by atoms with Gasteiger partial charge in [-0.15, -0.1) is 0 Å². The van der Waals surface area contributed by atoms with Crippen LogP contribution < -0.4 is 29.9 Å². The Balaban J connectivity index is 0.792. The molecule has 8 rings (SSSR count). The van der Waals surface area contributed by atoms with Crippen molar-refractivity contribution in [3.63, 3.8) is 0 Å². The summed E-state index contributed by atoms with van der Waals surface area (Å²) in [5.41, 5.74) is 3.15. The molecular weight excluding hydrogens is 803 g/mol. The minimum absolute atomic E-state index is 0.0120. The van der Waals surface area contributed by atoms with E-state index < -0.39 is 22.0 Å². The highest BCUT2D eigenvalue weighted by Gasteiger charge is 2.41. The molecule has 3 saturated heterocycles. The Morgan fingerprint density at radius 2 is 1.75 bits per heavy atom. The summed E-state index contributed by atoms with van der Waals surface area (Å²) in [5, 5.41) is 8.68. The van der Waals surface area contributed by atoms with Crippen LogP contribution in [-0.4, -0.2) is 129 Å². The van der Waals surface area contributed by atoms with Gasteiger partial charge in [0.25, 0.3) is 5.91 Å². The van der Waals surface area contributed by atoms with Gasteiger partial charge >= 0.3 is 0 Å².